The van der Waals surface area contributed by atoms with Crippen molar-refractivity contribution in [2.75, 3.05) is 5.32 Å². The standard InChI is InChI=1S/C23H31N3O4S/c1-16-11-12-19(13-14-21-23(24-18(3)27)17(2)25-30-21)15-22(16)31(28,29)26-20-9-7-5-4-6-8-10-20/h11-15,20,26H,4-10H2,1-3H3,(H,24,27)/b14-13-. The highest BCUT2D eigenvalue weighted by atomic mass is 32.2. The van der Waals surface area contributed by atoms with E-state index in [2.05, 4.69) is 15.2 Å². The molecule has 1 aliphatic carbocycles. The van der Waals surface area contributed by atoms with Gasteiger partial charge in [-0.05, 0) is 50.0 Å². The monoisotopic (exact) mass is 445 g/mol. The SMILES string of the molecule is CC(=O)Nc1c(C)noc1/C=C\c1ccc(C)c(S(=O)(=O)NC2CCCCCCC2)c1. The molecule has 0 saturated heterocycles. The molecule has 8 heteroatoms. The molecule has 7 nitrogen and oxygen atoms in total. The number of aryl methyl sites for hydroxylation is 2. The smallest absolute Gasteiger partial charge is 0.241 e. The van der Waals surface area contributed by atoms with Crippen molar-refractivity contribution in [3.63, 3.8) is 0 Å². The Bertz CT molecular complexity index is 1050. The van der Waals surface area contributed by atoms with E-state index in [-0.39, 0.29) is 16.8 Å². The molecule has 1 heterocycles. The molecule has 1 aromatic heterocycles. The molecule has 2 aromatic rings. The van der Waals surface area contributed by atoms with Crippen molar-refractivity contribution in [1.82, 2.24) is 9.88 Å². The fourth-order valence-corrected chi connectivity index (χ4v) is 5.45. The lowest BCUT2D eigenvalue weighted by molar-refractivity contribution is -0.114. The first-order valence-corrected chi connectivity index (χ1v) is 12.3. The van der Waals surface area contributed by atoms with E-state index in [1.54, 1.807) is 38.1 Å². The summed E-state index contributed by atoms with van der Waals surface area (Å²) >= 11 is 0. The van der Waals surface area contributed by atoms with Crippen LogP contribution in [0.5, 0.6) is 0 Å². The first-order valence-electron chi connectivity index (χ1n) is 10.8. The molecule has 0 radical (unpaired) electrons. The number of sulfonamides is 1. The summed E-state index contributed by atoms with van der Waals surface area (Å²) < 4.78 is 34.4. The van der Waals surface area contributed by atoms with Crippen molar-refractivity contribution in [3.8, 4) is 0 Å². The summed E-state index contributed by atoms with van der Waals surface area (Å²) in [5.41, 5.74) is 2.50. The fraction of sp³-hybridized carbons (Fsp3) is 0.478. The Morgan fingerprint density at radius 3 is 2.45 bits per heavy atom. The lowest BCUT2D eigenvalue weighted by Crippen LogP contribution is -2.35. The van der Waals surface area contributed by atoms with Crippen molar-refractivity contribution < 1.29 is 17.7 Å². The molecular weight excluding hydrogens is 414 g/mol. The van der Waals surface area contributed by atoms with Crippen LogP contribution in [-0.2, 0) is 14.8 Å². The summed E-state index contributed by atoms with van der Waals surface area (Å²) in [4.78, 5) is 11.7. The third kappa shape index (κ3) is 6.27. The van der Waals surface area contributed by atoms with E-state index in [4.69, 9.17) is 4.52 Å². The van der Waals surface area contributed by atoms with Gasteiger partial charge in [0.25, 0.3) is 0 Å². The summed E-state index contributed by atoms with van der Waals surface area (Å²) in [7, 11) is -3.62. The Hall–Kier alpha value is -2.45. The molecule has 0 atom stereocenters. The average Bonchev–Trinajstić information content (AvgIpc) is 3.02. The quantitative estimate of drug-likeness (QED) is 0.664. The minimum absolute atomic E-state index is 0.0127. The third-order valence-electron chi connectivity index (χ3n) is 5.55. The van der Waals surface area contributed by atoms with E-state index in [0.29, 0.717) is 28.3 Å². The first-order chi connectivity index (χ1) is 14.8. The van der Waals surface area contributed by atoms with Gasteiger partial charge in [-0.15, -0.1) is 0 Å². The summed E-state index contributed by atoms with van der Waals surface area (Å²) in [5, 5.41) is 6.59. The number of carbonyl (C=O) groups is 1. The molecule has 3 rings (SSSR count). The zero-order chi connectivity index (χ0) is 22.4. The number of nitrogens with zero attached hydrogens (tertiary/aromatic N) is 1. The van der Waals surface area contributed by atoms with Gasteiger partial charge in [0.05, 0.1) is 4.90 Å². The molecule has 168 valence electrons. The number of rotatable bonds is 6. The van der Waals surface area contributed by atoms with E-state index >= 15 is 0 Å². The van der Waals surface area contributed by atoms with Crippen molar-refractivity contribution in [3.05, 3.63) is 40.8 Å². The zero-order valence-electron chi connectivity index (χ0n) is 18.4. The third-order valence-corrected chi connectivity index (χ3v) is 7.21. The van der Waals surface area contributed by atoms with E-state index < -0.39 is 10.0 Å². The fourth-order valence-electron chi connectivity index (χ4n) is 3.87. The number of aromatic nitrogens is 1. The predicted octanol–water partition coefficient (Wildman–Crippen LogP) is 4.81. The van der Waals surface area contributed by atoms with E-state index in [9.17, 15) is 13.2 Å². The minimum atomic E-state index is -3.62. The number of hydrogen-bond acceptors (Lipinski definition) is 5. The van der Waals surface area contributed by atoms with Crippen LogP contribution in [0.1, 0.15) is 74.5 Å². The van der Waals surface area contributed by atoms with E-state index in [1.807, 2.05) is 6.07 Å². The molecule has 0 bridgehead atoms. The van der Waals surface area contributed by atoms with Crippen LogP contribution < -0.4 is 10.0 Å². The van der Waals surface area contributed by atoms with Crippen LogP contribution in [0.15, 0.2) is 27.6 Å². The van der Waals surface area contributed by atoms with Gasteiger partial charge in [-0.3, -0.25) is 4.79 Å². The summed E-state index contributed by atoms with van der Waals surface area (Å²) in [6, 6.07) is 5.30. The number of amides is 1. The highest BCUT2D eigenvalue weighted by Gasteiger charge is 2.22. The van der Waals surface area contributed by atoms with Crippen molar-refractivity contribution in [2.24, 2.45) is 0 Å². The number of anilines is 1. The van der Waals surface area contributed by atoms with Crippen LogP contribution in [-0.4, -0.2) is 25.5 Å². The first kappa shape index (κ1) is 23.2. The van der Waals surface area contributed by atoms with Gasteiger partial charge in [0.1, 0.15) is 11.4 Å². The lowest BCUT2D eigenvalue weighted by atomic mass is 9.97. The number of benzene rings is 1. The number of carbonyl (C=O) groups excluding carboxylic acids is 1. The normalized spacial score (nSPS) is 16.2. The van der Waals surface area contributed by atoms with Crippen LogP contribution in [0.3, 0.4) is 0 Å². The molecule has 0 aliphatic heterocycles. The Kier molecular flexibility index (Phi) is 7.67. The molecule has 1 aliphatic rings. The van der Waals surface area contributed by atoms with Gasteiger partial charge < -0.3 is 9.84 Å². The second kappa shape index (κ2) is 10.2. The largest absolute Gasteiger partial charge is 0.354 e. The van der Waals surface area contributed by atoms with Gasteiger partial charge in [0.2, 0.25) is 15.9 Å². The highest BCUT2D eigenvalue weighted by Crippen LogP contribution is 2.25. The van der Waals surface area contributed by atoms with Crippen molar-refractivity contribution in [1.29, 1.82) is 0 Å². The van der Waals surface area contributed by atoms with Gasteiger partial charge in [-0.1, -0.05) is 55.5 Å². The van der Waals surface area contributed by atoms with Gasteiger partial charge in [0, 0.05) is 13.0 Å². The van der Waals surface area contributed by atoms with Gasteiger partial charge in [-0.25, -0.2) is 13.1 Å². The second-order valence-corrected chi connectivity index (χ2v) is 9.89. The molecule has 31 heavy (non-hydrogen) atoms. The maximum Gasteiger partial charge on any atom is 0.241 e. The molecule has 0 unspecified atom stereocenters. The molecule has 1 saturated carbocycles. The van der Waals surface area contributed by atoms with Crippen LogP contribution in [0, 0.1) is 13.8 Å². The summed E-state index contributed by atoms with van der Waals surface area (Å²) in [6.45, 7) is 4.96. The van der Waals surface area contributed by atoms with Gasteiger partial charge in [-0.2, -0.15) is 0 Å². The zero-order valence-corrected chi connectivity index (χ0v) is 19.2. The molecular formula is C23H31N3O4S. The van der Waals surface area contributed by atoms with E-state index in [1.165, 1.54) is 26.2 Å². The Balaban J connectivity index is 1.81. The van der Waals surface area contributed by atoms with Gasteiger partial charge in [0.15, 0.2) is 5.76 Å². The summed E-state index contributed by atoms with van der Waals surface area (Å²) in [6.07, 6.45) is 10.9. The number of hydrogen-bond donors (Lipinski definition) is 2. The summed E-state index contributed by atoms with van der Waals surface area (Å²) in [5.74, 6) is 0.190. The maximum absolute atomic E-state index is 13.1. The Labute approximate surface area is 184 Å². The molecule has 2 N–H and O–H groups in total. The van der Waals surface area contributed by atoms with Crippen LogP contribution in [0.25, 0.3) is 12.2 Å². The molecule has 1 amide bonds. The maximum atomic E-state index is 13.1. The average molecular weight is 446 g/mol. The molecule has 1 fully saturated rings. The predicted molar refractivity (Wildman–Crippen MR) is 122 cm³/mol. The lowest BCUT2D eigenvalue weighted by Gasteiger charge is -2.21. The van der Waals surface area contributed by atoms with Crippen LogP contribution in [0.4, 0.5) is 5.69 Å². The van der Waals surface area contributed by atoms with Gasteiger partial charge >= 0.3 is 0 Å². The minimum Gasteiger partial charge on any atom is -0.354 e. The molecule has 1 aromatic carbocycles. The van der Waals surface area contributed by atoms with Crippen LogP contribution in [0.2, 0.25) is 0 Å². The number of nitrogens with one attached hydrogen (secondary N) is 2. The van der Waals surface area contributed by atoms with Crippen molar-refractivity contribution >= 4 is 33.8 Å². The van der Waals surface area contributed by atoms with Crippen LogP contribution >= 0.6 is 0 Å². The Morgan fingerprint density at radius 2 is 1.77 bits per heavy atom. The Morgan fingerprint density at radius 1 is 1.10 bits per heavy atom. The van der Waals surface area contributed by atoms with Crippen molar-refractivity contribution in [2.45, 2.75) is 76.7 Å². The second-order valence-electron chi connectivity index (χ2n) is 8.21. The highest BCUT2D eigenvalue weighted by molar-refractivity contribution is 7.89. The topological polar surface area (TPSA) is 101 Å². The molecule has 0 spiro atoms. The van der Waals surface area contributed by atoms with E-state index in [0.717, 1.165) is 25.7 Å².